The van der Waals surface area contributed by atoms with Crippen LogP contribution in [0.15, 0.2) is 121 Å². The fraction of sp³-hybridized carbons (Fsp3) is 0.0769. The Morgan fingerprint density at radius 3 is 1.18 bits per heavy atom. The van der Waals surface area contributed by atoms with Crippen molar-refractivity contribution in [2.45, 2.75) is 11.8 Å². The predicted octanol–water partition coefficient (Wildman–Crippen LogP) is 5.90. The second-order valence-corrected chi connectivity index (χ2v) is 14.2. The molecule has 0 saturated carbocycles. The smallest absolute Gasteiger partial charge is 0.161 e. The summed E-state index contributed by atoms with van der Waals surface area (Å²) >= 11 is 2.14. The minimum atomic E-state index is -2.01. The van der Waals surface area contributed by atoms with Gasteiger partial charge in [-0.1, -0.05) is 128 Å². The number of rotatable bonds is 6. The molecular weight excluding hydrogens is 372 g/mol. The average Bonchev–Trinajstić information content (AvgIpc) is 2.80. The van der Waals surface area contributed by atoms with E-state index in [2.05, 4.69) is 139 Å². The maximum Gasteiger partial charge on any atom is 0.176 e. The first-order valence-electron chi connectivity index (χ1n) is 9.66. The zero-order chi connectivity index (χ0) is 19.2. The summed E-state index contributed by atoms with van der Waals surface area (Å²) in [5.41, 5.74) is 2.73. The van der Waals surface area contributed by atoms with Crippen LogP contribution in [0.5, 0.6) is 0 Å². The van der Waals surface area contributed by atoms with E-state index in [9.17, 15) is 0 Å². The predicted molar refractivity (Wildman–Crippen MR) is 126 cm³/mol. The molecule has 0 fully saturated rings. The second kappa shape index (κ2) is 8.64. The molecule has 28 heavy (non-hydrogen) atoms. The molecule has 0 spiro atoms. The molecule has 0 aliphatic heterocycles. The van der Waals surface area contributed by atoms with Gasteiger partial charge in [0.05, 0.1) is 0 Å². The summed E-state index contributed by atoms with van der Waals surface area (Å²) in [5, 5.41) is 3.23. The molecule has 0 aromatic heterocycles. The Balaban J connectivity index is 1.84. The van der Waals surface area contributed by atoms with Crippen molar-refractivity contribution in [3.05, 3.63) is 132 Å². The summed E-state index contributed by atoms with van der Waals surface area (Å²) in [6.07, 6.45) is 0. The molecule has 0 atom stereocenters. The van der Waals surface area contributed by atoms with Gasteiger partial charge in [0, 0.05) is 5.25 Å². The Kier molecular flexibility index (Phi) is 5.80. The summed E-state index contributed by atoms with van der Waals surface area (Å²) in [6.45, 7) is 2.49. The van der Waals surface area contributed by atoms with Gasteiger partial charge in [-0.05, 0) is 21.5 Å². The van der Waals surface area contributed by atoms with Crippen molar-refractivity contribution >= 4 is 28.8 Å². The van der Waals surface area contributed by atoms with Crippen LogP contribution in [0, 0.1) is 0 Å². The third kappa shape index (κ3) is 3.99. The molecule has 0 saturated heterocycles. The molecule has 0 heterocycles. The van der Waals surface area contributed by atoms with Crippen LogP contribution in [-0.4, -0.2) is 7.22 Å². The quantitative estimate of drug-likeness (QED) is 0.366. The van der Waals surface area contributed by atoms with Crippen molar-refractivity contribution in [3.63, 3.8) is 0 Å². The molecule has 0 aliphatic rings. The van der Waals surface area contributed by atoms with Crippen molar-refractivity contribution in [2.24, 2.45) is 0 Å². The molecule has 0 unspecified atom stereocenters. The van der Waals surface area contributed by atoms with Crippen molar-refractivity contribution in [1.29, 1.82) is 0 Å². The highest BCUT2D eigenvalue weighted by atomic mass is 32.4. The normalized spacial score (nSPS) is 11.5. The standard InChI is InChI=1S/C26H24SSi/c1-28(24-18-10-4-11-19-24,25-20-12-5-13-21-25)27-26(22-14-6-2-7-15-22)23-16-8-3-9-17-23/h2-21,26H,1H3. The summed E-state index contributed by atoms with van der Waals surface area (Å²) in [4.78, 5) is 0. The Labute approximate surface area is 172 Å². The number of hydrogen-bond donors (Lipinski definition) is 0. The van der Waals surface area contributed by atoms with Gasteiger partial charge in [0.15, 0.2) is 7.22 Å². The molecule has 4 rings (SSSR count). The van der Waals surface area contributed by atoms with Crippen molar-refractivity contribution < 1.29 is 0 Å². The molecule has 0 radical (unpaired) electrons. The van der Waals surface area contributed by atoms with E-state index < -0.39 is 7.22 Å². The Morgan fingerprint density at radius 1 is 0.500 bits per heavy atom. The van der Waals surface area contributed by atoms with Crippen LogP contribution in [0.3, 0.4) is 0 Å². The molecule has 2 heteroatoms. The lowest BCUT2D eigenvalue weighted by molar-refractivity contribution is 1.16. The minimum Gasteiger partial charge on any atom is -0.161 e. The van der Waals surface area contributed by atoms with Gasteiger partial charge in [-0.25, -0.2) is 0 Å². The molecule has 0 nitrogen and oxygen atoms in total. The molecule has 0 bridgehead atoms. The third-order valence-corrected chi connectivity index (χ3v) is 12.9. The summed E-state index contributed by atoms with van der Waals surface area (Å²) in [7, 11) is -2.01. The van der Waals surface area contributed by atoms with Crippen LogP contribution in [0.1, 0.15) is 16.4 Å². The van der Waals surface area contributed by atoms with Gasteiger partial charge in [0.1, 0.15) is 0 Å². The van der Waals surface area contributed by atoms with Crippen LogP contribution < -0.4 is 10.4 Å². The van der Waals surface area contributed by atoms with E-state index in [1.165, 1.54) is 21.5 Å². The van der Waals surface area contributed by atoms with Gasteiger partial charge in [-0.15, -0.1) is 0 Å². The van der Waals surface area contributed by atoms with E-state index in [0.29, 0.717) is 5.25 Å². The second-order valence-electron chi connectivity index (χ2n) is 7.08. The maximum atomic E-state index is 2.49. The topological polar surface area (TPSA) is 0 Å². The Morgan fingerprint density at radius 2 is 0.821 bits per heavy atom. The van der Waals surface area contributed by atoms with E-state index in [4.69, 9.17) is 0 Å². The molecule has 4 aromatic rings. The third-order valence-electron chi connectivity index (χ3n) is 5.21. The lowest BCUT2D eigenvalue weighted by atomic mass is 10.0. The van der Waals surface area contributed by atoms with Gasteiger partial charge in [0.2, 0.25) is 0 Å². The highest BCUT2D eigenvalue weighted by molar-refractivity contribution is 8.31. The highest BCUT2D eigenvalue weighted by Gasteiger charge is 2.36. The Bertz CT molecular complexity index is 907. The van der Waals surface area contributed by atoms with Gasteiger partial charge < -0.3 is 0 Å². The molecule has 0 aliphatic carbocycles. The molecule has 0 amide bonds. The molecular formula is C26H24SSi. The first kappa shape index (κ1) is 18.8. The Hall–Kier alpha value is -2.55. The molecule has 4 aromatic carbocycles. The van der Waals surface area contributed by atoms with Gasteiger partial charge in [-0.3, -0.25) is 0 Å². The summed E-state index contributed by atoms with van der Waals surface area (Å²) in [6, 6.07) is 44.0. The minimum absolute atomic E-state index is 0.305. The largest absolute Gasteiger partial charge is 0.176 e. The summed E-state index contributed by atoms with van der Waals surface area (Å²) in [5.74, 6) is 0. The maximum absolute atomic E-state index is 2.49. The van der Waals surface area contributed by atoms with Crippen LogP contribution in [-0.2, 0) is 0 Å². The monoisotopic (exact) mass is 396 g/mol. The number of hydrogen-bond acceptors (Lipinski definition) is 1. The van der Waals surface area contributed by atoms with E-state index in [1.807, 2.05) is 0 Å². The van der Waals surface area contributed by atoms with Crippen LogP contribution in [0.25, 0.3) is 0 Å². The van der Waals surface area contributed by atoms with Crippen LogP contribution >= 0.6 is 11.2 Å². The molecule has 0 N–H and O–H groups in total. The lowest BCUT2D eigenvalue weighted by Gasteiger charge is -2.33. The van der Waals surface area contributed by atoms with E-state index in [1.54, 1.807) is 0 Å². The molecule has 138 valence electrons. The average molecular weight is 397 g/mol. The zero-order valence-corrected chi connectivity index (χ0v) is 17.8. The first-order chi connectivity index (χ1) is 13.8. The first-order valence-corrected chi connectivity index (χ1v) is 13.8. The van der Waals surface area contributed by atoms with Gasteiger partial charge in [-0.2, -0.15) is 11.2 Å². The van der Waals surface area contributed by atoms with E-state index >= 15 is 0 Å². The van der Waals surface area contributed by atoms with Crippen molar-refractivity contribution in [2.75, 3.05) is 0 Å². The van der Waals surface area contributed by atoms with Gasteiger partial charge >= 0.3 is 0 Å². The number of benzene rings is 4. The van der Waals surface area contributed by atoms with E-state index in [-0.39, 0.29) is 0 Å². The fourth-order valence-electron chi connectivity index (χ4n) is 3.64. The van der Waals surface area contributed by atoms with Crippen molar-refractivity contribution in [3.8, 4) is 0 Å². The summed E-state index contributed by atoms with van der Waals surface area (Å²) < 4.78 is 0. The SMILES string of the molecule is C[Si](SC(c1ccccc1)c1ccccc1)(c1ccccc1)c1ccccc1. The van der Waals surface area contributed by atoms with Gasteiger partial charge in [0.25, 0.3) is 0 Å². The van der Waals surface area contributed by atoms with Crippen molar-refractivity contribution in [1.82, 2.24) is 0 Å². The fourth-order valence-corrected chi connectivity index (χ4v) is 10.8. The lowest BCUT2D eigenvalue weighted by Crippen LogP contribution is -2.53. The van der Waals surface area contributed by atoms with Crippen LogP contribution in [0.2, 0.25) is 6.55 Å². The van der Waals surface area contributed by atoms with E-state index in [0.717, 1.165) is 0 Å². The zero-order valence-electron chi connectivity index (χ0n) is 16.0. The van der Waals surface area contributed by atoms with Crippen LogP contribution in [0.4, 0.5) is 0 Å². The highest BCUT2D eigenvalue weighted by Crippen LogP contribution is 2.41.